The van der Waals surface area contributed by atoms with Gasteiger partial charge in [-0.15, -0.1) is 11.3 Å². The summed E-state index contributed by atoms with van der Waals surface area (Å²) >= 11 is 7.74. The molecule has 1 aromatic heterocycles. The molecule has 0 aliphatic heterocycles. The summed E-state index contributed by atoms with van der Waals surface area (Å²) in [6, 6.07) is 2.07. The lowest BCUT2D eigenvalue weighted by Gasteiger charge is -2.24. The molecule has 18 heavy (non-hydrogen) atoms. The van der Waals surface area contributed by atoms with Crippen LogP contribution in [0.25, 0.3) is 6.08 Å². The van der Waals surface area contributed by atoms with E-state index >= 15 is 0 Å². The van der Waals surface area contributed by atoms with Gasteiger partial charge in [0.05, 0.1) is 5.02 Å². The van der Waals surface area contributed by atoms with Crippen molar-refractivity contribution in [3.8, 4) is 0 Å². The number of rotatable bonds is 5. The molecule has 0 radical (unpaired) electrons. The number of likely N-dealkylation sites (N-methyl/N-ethyl adjacent to an activating group) is 1. The number of thiophene rings is 1. The molecule has 0 unspecified atom stereocenters. The number of halogens is 1. The SMILES string of the molecule is CCNCC(=Cc1cc(Cl)cs1)C1CCCCC1. The molecule has 1 fully saturated rings. The van der Waals surface area contributed by atoms with Gasteiger partial charge in [0.15, 0.2) is 0 Å². The van der Waals surface area contributed by atoms with Gasteiger partial charge >= 0.3 is 0 Å². The highest BCUT2D eigenvalue weighted by Gasteiger charge is 2.17. The Balaban J connectivity index is 2.10. The normalized spacial score (nSPS) is 18.2. The maximum atomic E-state index is 6.00. The Morgan fingerprint density at radius 3 is 2.83 bits per heavy atom. The van der Waals surface area contributed by atoms with Crippen LogP contribution in [0, 0.1) is 5.92 Å². The second-order valence-corrected chi connectivity index (χ2v) is 6.38. The Kier molecular flexibility index (Phi) is 5.74. The summed E-state index contributed by atoms with van der Waals surface area (Å²) in [6.45, 7) is 4.23. The topological polar surface area (TPSA) is 12.0 Å². The molecule has 0 amide bonds. The van der Waals surface area contributed by atoms with Crippen molar-refractivity contribution in [3.05, 3.63) is 26.9 Å². The van der Waals surface area contributed by atoms with Crippen LogP contribution >= 0.6 is 22.9 Å². The molecular formula is C15H22ClNS. The van der Waals surface area contributed by atoms with Gasteiger partial charge in [0.1, 0.15) is 0 Å². The highest BCUT2D eigenvalue weighted by molar-refractivity contribution is 7.11. The van der Waals surface area contributed by atoms with E-state index in [1.807, 2.05) is 5.38 Å². The maximum absolute atomic E-state index is 6.00. The first-order valence-electron chi connectivity index (χ1n) is 6.95. The summed E-state index contributed by atoms with van der Waals surface area (Å²) in [7, 11) is 0. The predicted molar refractivity (Wildman–Crippen MR) is 82.4 cm³/mol. The maximum Gasteiger partial charge on any atom is 0.0519 e. The van der Waals surface area contributed by atoms with E-state index in [9.17, 15) is 0 Å². The molecule has 100 valence electrons. The molecule has 0 saturated heterocycles. The van der Waals surface area contributed by atoms with E-state index in [1.165, 1.54) is 37.0 Å². The van der Waals surface area contributed by atoms with Gasteiger partial charge in [-0.3, -0.25) is 0 Å². The van der Waals surface area contributed by atoms with Gasteiger partial charge in [-0.2, -0.15) is 0 Å². The first kappa shape index (κ1) is 14.1. The predicted octanol–water partition coefficient (Wildman–Crippen LogP) is 4.97. The van der Waals surface area contributed by atoms with Crippen molar-refractivity contribution in [3.63, 3.8) is 0 Å². The standard InChI is InChI=1S/C15H22ClNS/c1-2-17-10-13(12-6-4-3-5-7-12)8-15-9-14(16)11-18-15/h8-9,11-12,17H,2-7,10H2,1H3. The molecule has 0 bridgehead atoms. The molecule has 0 spiro atoms. The zero-order chi connectivity index (χ0) is 12.8. The first-order chi connectivity index (χ1) is 8.79. The van der Waals surface area contributed by atoms with Crippen molar-refractivity contribution in [1.29, 1.82) is 0 Å². The summed E-state index contributed by atoms with van der Waals surface area (Å²) in [5, 5.41) is 6.35. The second kappa shape index (κ2) is 7.32. The highest BCUT2D eigenvalue weighted by atomic mass is 35.5. The summed E-state index contributed by atoms with van der Waals surface area (Å²) in [5.74, 6) is 0.777. The molecule has 1 N–H and O–H groups in total. The van der Waals surface area contributed by atoms with Crippen LogP contribution in [0.2, 0.25) is 5.02 Å². The fourth-order valence-corrected chi connectivity index (χ4v) is 3.69. The van der Waals surface area contributed by atoms with Crippen LogP contribution in [0.15, 0.2) is 17.0 Å². The molecule has 2 rings (SSSR count). The third-order valence-corrected chi connectivity index (χ3v) is 4.85. The van der Waals surface area contributed by atoms with Crippen molar-refractivity contribution in [2.24, 2.45) is 5.92 Å². The summed E-state index contributed by atoms with van der Waals surface area (Å²) in [4.78, 5) is 1.29. The molecule has 3 heteroatoms. The van der Waals surface area contributed by atoms with Crippen molar-refractivity contribution in [1.82, 2.24) is 5.32 Å². The third kappa shape index (κ3) is 4.11. The van der Waals surface area contributed by atoms with Crippen LogP contribution in [-0.4, -0.2) is 13.1 Å². The Hall–Kier alpha value is -0.310. The minimum absolute atomic E-state index is 0.777. The lowest BCUT2D eigenvalue weighted by molar-refractivity contribution is 0.397. The van der Waals surface area contributed by atoms with Gasteiger partial charge in [-0.25, -0.2) is 0 Å². The Morgan fingerprint density at radius 2 is 2.22 bits per heavy atom. The van der Waals surface area contributed by atoms with Crippen molar-refractivity contribution in [2.45, 2.75) is 39.0 Å². The van der Waals surface area contributed by atoms with E-state index < -0.39 is 0 Å². The van der Waals surface area contributed by atoms with Gasteiger partial charge in [0.2, 0.25) is 0 Å². The minimum atomic E-state index is 0.777. The van der Waals surface area contributed by atoms with Crippen LogP contribution in [0.1, 0.15) is 43.9 Å². The number of hydrogen-bond acceptors (Lipinski definition) is 2. The molecule has 1 aliphatic rings. The van der Waals surface area contributed by atoms with Crippen LogP contribution in [0.3, 0.4) is 0 Å². The quantitative estimate of drug-likeness (QED) is 0.804. The summed E-state index contributed by atoms with van der Waals surface area (Å²) in [6.07, 6.45) is 9.26. The lowest BCUT2D eigenvalue weighted by atomic mass is 9.83. The molecule has 1 aromatic rings. The largest absolute Gasteiger partial charge is 0.313 e. The van der Waals surface area contributed by atoms with E-state index in [2.05, 4.69) is 24.4 Å². The van der Waals surface area contributed by atoms with Gasteiger partial charge in [0, 0.05) is 16.8 Å². The molecular weight excluding hydrogens is 262 g/mol. The molecule has 1 heterocycles. The molecule has 0 atom stereocenters. The monoisotopic (exact) mass is 283 g/mol. The molecule has 1 saturated carbocycles. The van der Waals surface area contributed by atoms with Gasteiger partial charge < -0.3 is 5.32 Å². The Morgan fingerprint density at radius 1 is 1.44 bits per heavy atom. The Bertz CT molecular complexity index is 391. The average Bonchev–Trinajstić information content (AvgIpc) is 2.81. The highest BCUT2D eigenvalue weighted by Crippen LogP contribution is 2.32. The molecule has 1 aliphatic carbocycles. The van der Waals surface area contributed by atoms with Crippen LogP contribution in [-0.2, 0) is 0 Å². The first-order valence-corrected chi connectivity index (χ1v) is 8.20. The van der Waals surface area contributed by atoms with Crippen LogP contribution in [0.5, 0.6) is 0 Å². The summed E-state index contributed by atoms with van der Waals surface area (Å²) < 4.78 is 0. The van der Waals surface area contributed by atoms with Crippen LogP contribution < -0.4 is 5.32 Å². The molecule has 1 nitrogen and oxygen atoms in total. The van der Waals surface area contributed by atoms with E-state index in [0.29, 0.717) is 0 Å². The van der Waals surface area contributed by atoms with Gasteiger partial charge in [-0.05, 0) is 37.4 Å². The fourth-order valence-electron chi connectivity index (χ4n) is 2.64. The van der Waals surface area contributed by atoms with Crippen molar-refractivity contribution < 1.29 is 0 Å². The zero-order valence-corrected chi connectivity index (χ0v) is 12.6. The van der Waals surface area contributed by atoms with E-state index in [-0.39, 0.29) is 0 Å². The van der Waals surface area contributed by atoms with E-state index in [1.54, 1.807) is 16.9 Å². The summed E-state index contributed by atoms with van der Waals surface area (Å²) in [5.41, 5.74) is 1.56. The Labute approximate surface area is 119 Å². The zero-order valence-electron chi connectivity index (χ0n) is 11.0. The van der Waals surface area contributed by atoms with E-state index in [4.69, 9.17) is 11.6 Å². The second-order valence-electron chi connectivity index (χ2n) is 5.00. The fraction of sp³-hybridized carbons (Fsp3) is 0.600. The van der Waals surface area contributed by atoms with Crippen molar-refractivity contribution in [2.75, 3.05) is 13.1 Å². The lowest BCUT2D eigenvalue weighted by Crippen LogP contribution is -2.21. The number of hydrogen-bond donors (Lipinski definition) is 1. The van der Waals surface area contributed by atoms with Crippen LogP contribution in [0.4, 0.5) is 0 Å². The smallest absolute Gasteiger partial charge is 0.0519 e. The third-order valence-electron chi connectivity index (χ3n) is 3.62. The average molecular weight is 284 g/mol. The van der Waals surface area contributed by atoms with E-state index in [0.717, 1.165) is 24.0 Å². The van der Waals surface area contributed by atoms with Gasteiger partial charge in [-0.1, -0.05) is 43.4 Å². The number of nitrogens with one attached hydrogen (secondary N) is 1. The minimum Gasteiger partial charge on any atom is -0.313 e. The van der Waals surface area contributed by atoms with Gasteiger partial charge in [0.25, 0.3) is 0 Å². The molecule has 0 aromatic carbocycles. The van der Waals surface area contributed by atoms with Crippen molar-refractivity contribution >= 4 is 29.0 Å².